The van der Waals surface area contributed by atoms with Crippen LogP contribution in [0.1, 0.15) is 34.6 Å². The SMILES string of the molecule is CC(C)OC[C@H]1OC[C@@H](C)[C@H](OCCF)[C@@H]1OC(C)C. The molecule has 0 saturated carbocycles. The second kappa shape index (κ2) is 8.93. The van der Waals surface area contributed by atoms with Gasteiger partial charge in [-0.05, 0) is 27.7 Å². The third kappa shape index (κ3) is 5.64. The number of alkyl halides is 1. The molecule has 5 heteroatoms. The maximum atomic E-state index is 12.4. The molecule has 1 fully saturated rings. The summed E-state index contributed by atoms with van der Waals surface area (Å²) in [6.45, 7) is 10.6. The molecular formula is C15H29FO4. The lowest BCUT2D eigenvalue weighted by Crippen LogP contribution is -2.54. The molecule has 20 heavy (non-hydrogen) atoms. The van der Waals surface area contributed by atoms with Crippen molar-refractivity contribution in [2.45, 2.75) is 65.1 Å². The third-order valence-corrected chi connectivity index (χ3v) is 3.23. The molecule has 0 aromatic heterocycles. The summed E-state index contributed by atoms with van der Waals surface area (Å²) in [5.74, 6) is 0.181. The first-order valence-corrected chi connectivity index (χ1v) is 7.52. The summed E-state index contributed by atoms with van der Waals surface area (Å²) in [4.78, 5) is 0. The van der Waals surface area contributed by atoms with E-state index in [0.29, 0.717) is 13.2 Å². The zero-order chi connectivity index (χ0) is 15.1. The first kappa shape index (κ1) is 17.8. The van der Waals surface area contributed by atoms with E-state index >= 15 is 0 Å². The molecule has 0 spiro atoms. The molecule has 4 nitrogen and oxygen atoms in total. The van der Waals surface area contributed by atoms with Crippen molar-refractivity contribution in [2.75, 3.05) is 26.5 Å². The molecule has 4 atom stereocenters. The fourth-order valence-corrected chi connectivity index (χ4v) is 2.35. The highest BCUT2D eigenvalue weighted by Gasteiger charge is 2.40. The average Bonchev–Trinajstić information content (AvgIpc) is 2.36. The molecule has 120 valence electrons. The maximum absolute atomic E-state index is 12.4. The molecule has 1 saturated heterocycles. The minimum Gasteiger partial charge on any atom is -0.376 e. The largest absolute Gasteiger partial charge is 0.376 e. The molecule has 0 amide bonds. The Balaban J connectivity index is 2.70. The zero-order valence-corrected chi connectivity index (χ0v) is 13.3. The molecule has 0 aromatic rings. The number of hydrogen-bond acceptors (Lipinski definition) is 4. The lowest BCUT2D eigenvalue weighted by atomic mass is 9.93. The van der Waals surface area contributed by atoms with E-state index < -0.39 is 6.67 Å². The van der Waals surface area contributed by atoms with Crippen molar-refractivity contribution in [2.24, 2.45) is 5.92 Å². The molecular weight excluding hydrogens is 263 g/mol. The van der Waals surface area contributed by atoms with Gasteiger partial charge in [0.1, 0.15) is 18.9 Å². The van der Waals surface area contributed by atoms with Crippen LogP contribution in [-0.4, -0.2) is 57.0 Å². The Bertz CT molecular complexity index is 260. The Kier molecular flexibility index (Phi) is 7.95. The minimum atomic E-state index is -0.481. The second-order valence-corrected chi connectivity index (χ2v) is 5.90. The predicted molar refractivity (Wildman–Crippen MR) is 75.7 cm³/mol. The van der Waals surface area contributed by atoms with Gasteiger partial charge in [0.25, 0.3) is 0 Å². The van der Waals surface area contributed by atoms with E-state index in [1.54, 1.807) is 0 Å². The normalized spacial score (nSPS) is 31.2. The van der Waals surface area contributed by atoms with Gasteiger partial charge in [-0.2, -0.15) is 0 Å². The summed E-state index contributed by atoms with van der Waals surface area (Å²) in [6, 6.07) is 0. The Hall–Kier alpha value is -0.230. The molecule has 0 unspecified atom stereocenters. The van der Waals surface area contributed by atoms with Gasteiger partial charge < -0.3 is 18.9 Å². The summed E-state index contributed by atoms with van der Waals surface area (Å²) in [5.41, 5.74) is 0. The standard InChI is InChI=1S/C15H29FO4/c1-10(2)18-9-13-15(20-11(3)4)14(17-7-6-16)12(5)8-19-13/h10-15H,6-9H2,1-5H3/t12-,13-,14+,15-/m1/s1. The van der Waals surface area contributed by atoms with Gasteiger partial charge in [0.2, 0.25) is 0 Å². The van der Waals surface area contributed by atoms with Gasteiger partial charge in [-0.15, -0.1) is 0 Å². The number of rotatable bonds is 8. The van der Waals surface area contributed by atoms with Gasteiger partial charge in [0.15, 0.2) is 0 Å². The molecule has 1 aliphatic heterocycles. The predicted octanol–water partition coefficient (Wildman–Crippen LogP) is 2.59. The number of hydrogen-bond donors (Lipinski definition) is 0. The van der Waals surface area contributed by atoms with Crippen molar-refractivity contribution in [3.8, 4) is 0 Å². The van der Waals surface area contributed by atoms with E-state index in [4.69, 9.17) is 18.9 Å². The van der Waals surface area contributed by atoms with E-state index in [1.165, 1.54) is 0 Å². The number of ether oxygens (including phenoxy) is 4. The van der Waals surface area contributed by atoms with Crippen LogP contribution in [0.15, 0.2) is 0 Å². The second-order valence-electron chi connectivity index (χ2n) is 5.90. The highest BCUT2D eigenvalue weighted by Crippen LogP contribution is 2.27. The summed E-state index contributed by atoms with van der Waals surface area (Å²) < 4.78 is 35.5. The molecule has 0 aliphatic carbocycles. The van der Waals surface area contributed by atoms with Crippen LogP contribution in [0.25, 0.3) is 0 Å². The van der Waals surface area contributed by atoms with Gasteiger partial charge >= 0.3 is 0 Å². The Labute approximate surface area is 121 Å². The molecule has 0 radical (unpaired) electrons. The van der Waals surface area contributed by atoms with Crippen LogP contribution in [0.4, 0.5) is 4.39 Å². The molecule has 1 rings (SSSR count). The van der Waals surface area contributed by atoms with Crippen molar-refractivity contribution in [3.05, 3.63) is 0 Å². The van der Waals surface area contributed by atoms with E-state index in [9.17, 15) is 4.39 Å². The van der Waals surface area contributed by atoms with Crippen molar-refractivity contribution >= 4 is 0 Å². The lowest BCUT2D eigenvalue weighted by molar-refractivity contribution is -0.221. The van der Waals surface area contributed by atoms with Crippen LogP contribution in [-0.2, 0) is 18.9 Å². The molecule has 0 aromatic carbocycles. The van der Waals surface area contributed by atoms with Crippen molar-refractivity contribution < 1.29 is 23.3 Å². The molecule has 0 N–H and O–H groups in total. The van der Waals surface area contributed by atoms with Crippen LogP contribution in [0.3, 0.4) is 0 Å². The Morgan fingerprint density at radius 1 is 1.15 bits per heavy atom. The van der Waals surface area contributed by atoms with E-state index in [2.05, 4.69) is 0 Å². The molecule has 0 bridgehead atoms. The van der Waals surface area contributed by atoms with Crippen LogP contribution in [0.2, 0.25) is 0 Å². The van der Waals surface area contributed by atoms with Gasteiger partial charge in [0, 0.05) is 5.92 Å². The van der Waals surface area contributed by atoms with E-state index in [-0.39, 0.29) is 43.0 Å². The Morgan fingerprint density at radius 2 is 1.85 bits per heavy atom. The van der Waals surface area contributed by atoms with Gasteiger partial charge in [-0.3, -0.25) is 0 Å². The summed E-state index contributed by atoms with van der Waals surface area (Å²) in [7, 11) is 0. The van der Waals surface area contributed by atoms with E-state index in [0.717, 1.165) is 0 Å². The zero-order valence-electron chi connectivity index (χ0n) is 13.3. The Morgan fingerprint density at radius 3 is 2.40 bits per heavy atom. The van der Waals surface area contributed by atoms with E-state index in [1.807, 2.05) is 34.6 Å². The minimum absolute atomic E-state index is 0.0620. The molecule has 1 heterocycles. The first-order valence-electron chi connectivity index (χ1n) is 7.52. The van der Waals surface area contributed by atoms with Crippen LogP contribution < -0.4 is 0 Å². The van der Waals surface area contributed by atoms with Gasteiger partial charge in [0.05, 0.1) is 38.1 Å². The summed E-state index contributed by atoms with van der Waals surface area (Å²) in [6.07, 6.45) is -0.331. The van der Waals surface area contributed by atoms with Gasteiger partial charge in [-0.25, -0.2) is 4.39 Å². The van der Waals surface area contributed by atoms with Crippen molar-refractivity contribution in [3.63, 3.8) is 0 Å². The van der Waals surface area contributed by atoms with Crippen LogP contribution in [0, 0.1) is 5.92 Å². The topological polar surface area (TPSA) is 36.9 Å². The lowest BCUT2D eigenvalue weighted by Gasteiger charge is -2.42. The van der Waals surface area contributed by atoms with Crippen LogP contribution in [0.5, 0.6) is 0 Å². The average molecular weight is 292 g/mol. The third-order valence-electron chi connectivity index (χ3n) is 3.23. The summed E-state index contributed by atoms with van der Waals surface area (Å²) >= 11 is 0. The highest BCUT2D eigenvalue weighted by atomic mass is 19.1. The fraction of sp³-hybridized carbons (Fsp3) is 1.00. The quantitative estimate of drug-likeness (QED) is 0.689. The smallest absolute Gasteiger partial charge is 0.113 e. The van der Waals surface area contributed by atoms with Crippen molar-refractivity contribution in [1.29, 1.82) is 0 Å². The first-order chi connectivity index (χ1) is 9.45. The maximum Gasteiger partial charge on any atom is 0.113 e. The number of halogens is 1. The van der Waals surface area contributed by atoms with Crippen LogP contribution >= 0.6 is 0 Å². The monoisotopic (exact) mass is 292 g/mol. The fourth-order valence-electron chi connectivity index (χ4n) is 2.35. The molecule has 1 aliphatic rings. The van der Waals surface area contributed by atoms with Gasteiger partial charge in [-0.1, -0.05) is 6.92 Å². The summed E-state index contributed by atoms with van der Waals surface area (Å²) in [5, 5.41) is 0. The highest BCUT2D eigenvalue weighted by molar-refractivity contribution is 4.88. The van der Waals surface area contributed by atoms with Crippen molar-refractivity contribution in [1.82, 2.24) is 0 Å².